The van der Waals surface area contributed by atoms with E-state index in [4.69, 9.17) is 20.8 Å². The van der Waals surface area contributed by atoms with Gasteiger partial charge in [-0.2, -0.15) is 0 Å². The molecule has 31 heavy (non-hydrogen) atoms. The first-order valence-corrected chi connectivity index (χ1v) is 10.8. The van der Waals surface area contributed by atoms with Crippen LogP contribution in [-0.2, 0) is 11.3 Å². The molecule has 0 saturated heterocycles. The second-order valence-electron chi connectivity index (χ2n) is 7.46. The molecule has 0 N–H and O–H groups in total. The molecule has 0 radical (unpaired) electrons. The number of nitrogens with zero attached hydrogens (tertiary/aromatic N) is 3. The number of amides is 1. The maximum Gasteiger partial charge on any atom is 0.247 e. The van der Waals surface area contributed by atoms with Crippen molar-refractivity contribution in [2.45, 2.75) is 38.8 Å². The van der Waals surface area contributed by atoms with E-state index in [-0.39, 0.29) is 18.5 Å². The number of hydrogen-bond donors (Lipinski definition) is 0. The summed E-state index contributed by atoms with van der Waals surface area (Å²) in [6, 6.07) is 15.1. The Morgan fingerprint density at radius 3 is 2.58 bits per heavy atom. The number of ether oxygens (including phenoxy) is 1. The van der Waals surface area contributed by atoms with Crippen LogP contribution >= 0.6 is 11.6 Å². The Balaban J connectivity index is 1.40. The number of carbonyl (C=O) groups excluding carboxylic acids is 1. The summed E-state index contributed by atoms with van der Waals surface area (Å²) in [5, 5.41) is 8.86. The lowest BCUT2D eigenvalue weighted by Gasteiger charge is -2.18. The van der Waals surface area contributed by atoms with Crippen LogP contribution in [0.1, 0.15) is 37.6 Å². The van der Waals surface area contributed by atoms with Crippen molar-refractivity contribution >= 4 is 23.6 Å². The minimum absolute atomic E-state index is 0.0694. The number of halogens is 1. The zero-order valence-corrected chi connectivity index (χ0v) is 18.1. The normalized spacial score (nSPS) is 13.5. The fraction of sp³-hybridized carbons (Fsp3) is 0.292. The maximum absolute atomic E-state index is 12.8. The first-order valence-electron chi connectivity index (χ1n) is 10.4. The average molecular weight is 438 g/mol. The molecule has 1 aliphatic carbocycles. The predicted octanol–water partition coefficient (Wildman–Crippen LogP) is 5.38. The van der Waals surface area contributed by atoms with Crippen molar-refractivity contribution in [1.82, 2.24) is 15.1 Å². The van der Waals surface area contributed by atoms with Crippen molar-refractivity contribution in [2.24, 2.45) is 0 Å². The highest BCUT2D eigenvalue weighted by atomic mass is 35.5. The van der Waals surface area contributed by atoms with Crippen molar-refractivity contribution in [3.8, 4) is 17.2 Å². The summed E-state index contributed by atoms with van der Waals surface area (Å²) in [6.45, 7) is 3.05. The molecule has 160 valence electrons. The zero-order chi connectivity index (χ0) is 21.6. The van der Waals surface area contributed by atoms with E-state index in [2.05, 4.69) is 17.1 Å². The van der Waals surface area contributed by atoms with E-state index < -0.39 is 0 Å². The summed E-state index contributed by atoms with van der Waals surface area (Å²) in [4.78, 5) is 14.6. The summed E-state index contributed by atoms with van der Waals surface area (Å²) in [7, 11) is 0. The van der Waals surface area contributed by atoms with Gasteiger partial charge < -0.3 is 14.1 Å². The van der Waals surface area contributed by atoms with E-state index in [1.807, 2.05) is 42.5 Å². The standard InChI is InChI=1S/C24H24ClN3O3/c1-2-15-30-21-12-3-17(4-13-21)5-14-23(29)28(20-10-11-20)16-22-26-27-24(31-22)18-6-8-19(25)9-7-18/h3-9,12-14,20H,2,10-11,15-16H2,1H3/b14-5+. The van der Waals surface area contributed by atoms with Crippen molar-refractivity contribution in [1.29, 1.82) is 0 Å². The Bertz CT molecular complexity index is 1040. The summed E-state index contributed by atoms with van der Waals surface area (Å²) in [6.07, 6.45) is 6.35. The number of hydrogen-bond acceptors (Lipinski definition) is 5. The third-order valence-electron chi connectivity index (χ3n) is 4.91. The highest BCUT2D eigenvalue weighted by Gasteiger charge is 2.32. The van der Waals surface area contributed by atoms with E-state index >= 15 is 0 Å². The van der Waals surface area contributed by atoms with Gasteiger partial charge in [-0.05, 0) is 67.3 Å². The molecule has 0 unspecified atom stereocenters. The molecule has 0 aliphatic heterocycles. The minimum Gasteiger partial charge on any atom is -0.494 e. The largest absolute Gasteiger partial charge is 0.494 e. The molecule has 1 aromatic heterocycles. The lowest BCUT2D eigenvalue weighted by atomic mass is 10.2. The lowest BCUT2D eigenvalue weighted by Crippen LogP contribution is -2.31. The third kappa shape index (κ3) is 5.73. The number of aromatic nitrogens is 2. The topological polar surface area (TPSA) is 68.5 Å². The van der Waals surface area contributed by atoms with Crippen LogP contribution in [0.2, 0.25) is 5.02 Å². The number of rotatable bonds is 9. The molecule has 3 aromatic rings. The zero-order valence-electron chi connectivity index (χ0n) is 17.3. The van der Waals surface area contributed by atoms with Crippen LogP contribution in [0.25, 0.3) is 17.5 Å². The fourth-order valence-electron chi connectivity index (χ4n) is 3.10. The summed E-state index contributed by atoms with van der Waals surface area (Å²) >= 11 is 5.93. The molecule has 1 amide bonds. The van der Waals surface area contributed by atoms with Gasteiger partial charge in [0.15, 0.2) is 0 Å². The monoisotopic (exact) mass is 437 g/mol. The van der Waals surface area contributed by atoms with Gasteiger partial charge in [-0.3, -0.25) is 4.79 Å². The minimum atomic E-state index is -0.0694. The van der Waals surface area contributed by atoms with E-state index in [1.165, 1.54) is 0 Å². The molecule has 1 aliphatic rings. The van der Waals surface area contributed by atoms with Crippen LogP contribution in [0.15, 0.2) is 59.0 Å². The highest BCUT2D eigenvalue weighted by Crippen LogP contribution is 2.29. The first kappa shape index (κ1) is 21.1. The Morgan fingerprint density at radius 1 is 1.16 bits per heavy atom. The molecule has 2 aromatic carbocycles. The van der Waals surface area contributed by atoms with Crippen LogP contribution in [-0.4, -0.2) is 33.7 Å². The van der Waals surface area contributed by atoms with Gasteiger partial charge in [0.25, 0.3) is 0 Å². The van der Waals surface area contributed by atoms with Crippen LogP contribution in [0, 0.1) is 0 Å². The molecule has 4 rings (SSSR count). The summed E-state index contributed by atoms with van der Waals surface area (Å²) in [5.41, 5.74) is 1.73. The first-order chi connectivity index (χ1) is 15.1. The summed E-state index contributed by atoms with van der Waals surface area (Å²) in [5.74, 6) is 1.59. The molecular formula is C24H24ClN3O3. The van der Waals surface area contributed by atoms with Gasteiger partial charge in [-0.1, -0.05) is 30.7 Å². The van der Waals surface area contributed by atoms with Gasteiger partial charge >= 0.3 is 0 Å². The quantitative estimate of drug-likeness (QED) is 0.420. The van der Waals surface area contributed by atoms with E-state index in [0.717, 1.165) is 36.1 Å². The third-order valence-corrected chi connectivity index (χ3v) is 5.16. The van der Waals surface area contributed by atoms with Gasteiger partial charge in [0.1, 0.15) is 5.75 Å². The highest BCUT2D eigenvalue weighted by molar-refractivity contribution is 6.30. The van der Waals surface area contributed by atoms with Gasteiger partial charge in [0.2, 0.25) is 17.7 Å². The van der Waals surface area contributed by atoms with Crippen LogP contribution in [0.5, 0.6) is 5.75 Å². The van der Waals surface area contributed by atoms with Crippen LogP contribution in [0.3, 0.4) is 0 Å². The molecule has 0 atom stereocenters. The molecular weight excluding hydrogens is 414 g/mol. The maximum atomic E-state index is 12.8. The van der Waals surface area contributed by atoms with E-state index in [9.17, 15) is 4.79 Å². The van der Waals surface area contributed by atoms with Gasteiger partial charge in [0.05, 0.1) is 13.2 Å². The fourth-order valence-corrected chi connectivity index (χ4v) is 3.23. The molecule has 1 heterocycles. The number of benzene rings is 2. The Morgan fingerprint density at radius 2 is 1.90 bits per heavy atom. The van der Waals surface area contributed by atoms with Crippen LogP contribution in [0.4, 0.5) is 0 Å². The van der Waals surface area contributed by atoms with Crippen molar-refractivity contribution in [2.75, 3.05) is 6.61 Å². The van der Waals surface area contributed by atoms with Crippen LogP contribution < -0.4 is 4.74 Å². The lowest BCUT2D eigenvalue weighted by molar-refractivity contribution is -0.127. The summed E-state index contributed by atoms with van der Waals surface area (Å²) < 4.78 is 11.4. The second-order valence-corrected chi connectivity index (χ2v) is 7.89. The van der Waals surface area contributed by atoms with Gasteiger partial charge in [0, 0.05) is 22.7 Å². The van der Waals surface area contributed by atoms with Gasteiger partial charge in [-0.25, -0.2) is 0 Å². The second kappa shape index (κ2) is 9.79. The van der Waals surface area contributed by atoms with E-state index in [1.54, 1.807) is 23.1 Å². The van der Waals surface area contributed by atoms with Crippen molar-refractivity contribution in [3.05, 3.63) is 71.1 Å². The van der Waals surface area contributed by atoms with E-state index in [0.29, 0.717) is 23.4 Å². The molecule has 7 heteroatoms. The SMILES string of the molecule is CCCOc1ccc(/C=C/C(=O)N(Cc2nnc(-c3ccc(Cl)cc3)o2)C2CC2)cc1. The predicted molar refractivity (Wildman–Crippen MR) is 120 cm³/mol. The molecule has 6 nitrogen and oxygen atoms in total. The van der Waals surface area contributed by atoms with Crippen molar-refractivity contribution < 1.29 is 13.9 Å². The number of carbonyl (C=O) groups is 1. The van der Waals surface area contributed by atoms with Crippen molar-refractivity contribution in [3.63, 3.8) is 0 Å². The Labute approximate surface area is 186 Å². The Kier molecular flexibility index (Phi) is 6.67. The molecule has 0 spiro atoms. The Hall–Kier alpha value is -3.12. The van der Waals surface area contributed by atoms with Gasteiger partial charge in [-0.15, -0.1) is 10.2 Å². The smallest absolute Gasteiger partial charge is 0.247 e. The average Bonchev–Trinajstić information content (AvgIpc) is 3.53. The molecule has 1 saturated carbocycles. The molecule has 0 bridgehead atoms. The molecule has 1 fully saturated rings.